The second kappa shape index (κ2) is 7.37. The quantitative estimate of drug-likeness (QED) is 0.489. The topological polar surface area (TPSA) is 29.6 Å². The largest absolute Gasteiger partial charge is 0.253 e. The van der Waals surface area contributed by atoms with Crippen molar-refractivity contribution in [2.75, 3.05) is 6.54 Å². The number of allylic oxidation sites excluding steroid dienone is 2. The number of hydrogen-bond acceptors (Lipinski definition) is 3. The molecule has 0 N–H and O–H groups in total. The fourth-order valence-corrected chi connectivity index (χ4v) is 4.65. The van der Waals surface area contributed by atoms with Gasteiger partial charge in [0.15, 0.2) is 0 Å². The summed E-state index contributed by atoms with van der Waals surface area (Å²) >= 11 is 7.65. The van der Waals surface area contributed by atoms with Crippen molar-refractivity contribution in [3.05, 3.63) is 63.8 Å². The molecule has 0 saturated heterocycles. The Morgan fingerprint density at radius 3 is 2.77 bits per heavy atom. The monoisotopic (exact) mass is 383 g/mol. The zero-order valence-electron chi connectivity index (χ0n) is 14.8. The first-order chi connectivity index (χ1) is 12.6. The van der Waals surface area contributed by atoms with Gasteiger partial charge in [0.1, 0.15) is 0 Å². The molecule has 0 amide bonds. The summed E-state index contributed by atoms with van der Waals surface area (Å²) < 4.78 is 1.96. The van der Waals surface area contributed by atoms with Crippen molar-refractivity contribution in [1.82, 2.24) is 4.68 Å². The van der Waals surface area contributed by atoms with Gasteiger partial charge in [-0.25, -0.2) is 4.68 Å². The van der Waals surface area contributed by atoms with Gasteiger partial charge in [-0.05, 0) is 43.7 Å². The van der Waals surface area contributed by atoms with E-state index in [-0.39, 0.29) is 0 Å². The van der Waals surface area contributed by atoms with Crippen molar-refractivity contribution in [3.8, 4) is 11.3 Å². The van der Waals surface area contributed by atoms with Gasteiger partial charge >= 0.3 is 0 Å². The zero-order valence-corrected chi connectivity index (χ0v) is 16.4. The van der Waals surface area contributed by atoms with Gasteiger partial charge in [-0.1, -0.05) is 48.0 Å². The first-order valence-electron chi connectivity index (χ1n) is 8.94. The molecule has 2 aliphatic rings. The highest BCUT2D eigenvalue weighted by Gasteiger charge is 2.34. The molecule has 1 aromatic heterocycles. The summed E-state index contributed by atoms with van der Waals surface area (Å²) in [5, 5.41) is 7.70. The predicted octanol–water partition coefficient (Wildman–Crippen LogP) is 5.39. The van der Waals surface area contributed by atoms with Crippen molar-refractivity contribution in [3.63, 3.8) is 0 Å². The van der Waals surface area contributed by atoms with Crippen LogP contribution in [-0.2, 0) is 0 Å². The molecule has 3 nitrogen and oxygen atoms in total. The van der Waals surface area contributed by atoms with Crippen LogP contribution in [0, 0.1) is 17.8 Å². The Labute approximate surface area is 163 Å². The van der Waals surface area contributed by atoms with E-state index in [9.17, 15) is 0 Å². The molecule has 1 aromatic carbocycles. The van der Waals surface area contributed by atoms with Crippen LogP contribution in [0.4, 0.5) is 0 Å². The maximum absolute atomic E-state index is 6.04. The molecule has 2 aromatic rings. The molecule has 134 valence electrons. The van der Waals surface area contributed by atoms with E-state index >= 15 is 0 Å². The van der Waals surface area contributed by atoms with Gasteiger partial charge in [-0.3, -0.25) is 4.99 Å². The number of nitrogens with zero attached hydrogens (tertiary/aromatic N) is 3. The van der Waals surface area contributed by atoms with Gasteiger partial charge in [0.05, 0.1) is 12.2 Å². The molecule has 26 heavy (non-hydrogen) atoms. The lowest BCUT2D eigenvalue weighted by molar-refractivity contribution is 0.589. The highest BCUT2D eigenvalue weighted by molar-refractivity contribution is 7.07. The Kier molecular flexibility index (Phi) is 4.96. The van der Waals surface area contributed by atoms with Crippen molar-refractivity contribution >= 4 is 29.2 Å². The molecule has 0 aliphatic heterocycles. The van der Waals surface area contributed by atoms with E-state index < -0.39 is 0 Å². The summed E-state index contributed by atoms with van der Waals surface area (Å²) in [6.45, 7) is 6.56. The zero-order chi connectivity index (χ0) is 18.1. The molecule has 5 heteroatoms. The fourth-order valence-electron chi connectivity index (χ4n) is 3.69. The van der Waals surface area contributed by atoms with Crippen LogP contribution >= 0.6 is 22.9 Å². The third-order valence-electron chi connectivity index (χ3n) is 5.01. The maximum atomic E-state index is 6.04. The maximum Gasteiger partial charge on any atom is 0.206 e. The van der Waals surface area contributed by atoms with Crippen LogP contribution in [-0.4, -0.2) is 17.4 Å². The van der Waals surface area contributed by atoms with Gasteiger partial charge in [0, 0.05) is 28.1 Å². The summed E-state index contributed by atoms with van der Waals surface area (Å²) in [5.74, 6) is 1.93. The minimum absolute atomic E-state index is 0.532. The van der Waals surface area contributed by atoms with Crippen LogP contribution in [0.25, 0.3) is 11.3 Å². The molecule has 4 rings (SSSR count). The van der Waals surface area contributed by atoms with Crippen molar-refractivity contribution in [1.29, 1.82) is 0 Å². The molecule has 2 bridgehead atoms. The van der Waals surface area contributed by atoms with E-state index in [1.165, 1.54) is 12.8 Å². The molecular weight excluding hydrogens is 362 g/mol. The smallest absolute Gasteiger partial charge is 0.206 e. The van der Waals surface area contributed by atoms with E-state index in [0.29, 0.717) is 18.4 Å². The third-order valence-corrected chi connectivity index (χ3v) is 6.12. The molecule has 0 spiro atoms. The van der Waals surface area contributed by atoms with Crippen LogP contribution < -0.4 is 4.80 Å². The van der Waals surface area contributed by atoms with Gasteiger partial charge in [0.2, 0.25) is 4.80 Å². The average Bonchev–Trinajstić information content (AvgIpc) is 3.34. The first-order valence-corrected chi connectivity index (χ1v) is 10.2. The van der Waals surface area contributed by atoms with Crippen LogP contribution in [0.15, 0.2) is 64.0 Å². The lowest BCUT2D eigenvalue weighted by atomic mass is 9.95. The Bertz CT molecular complexity index is 933. The van der Waals surface area contributed by atoms with Gasteiger partial charge in [-0.2, -0.15) is 5.10 Å². The van der Waals surface area contributed by atoms with Gasteiger partial charge in [-0.15, -0.1) is 11.3 Å². The van der Waals surface area contributed by atoms with Crippen molar-refractivity contribution in [2.45, 2.75) is 19.8 Å². The third kappa shape index (κ3) is 3.62. The average molecular weight is 384 g/mol. The van der Waals surface area contributed by atoms with Crippen LogP contribution in [0.2, 0.25) is 5.02 Å². The lowest BCUT2D eigenvalue weighted by Gasteiger charge is -2.12. The normalized spacial score (nSPS) is 24.8. The first kappa shape index (κ1) is 17.5. The van der Waals surface area contributed by atoms with Crippen LogP contribution in [0.5, 0.6) is 0 Å². The van der Waals surface area contributed by atoms with E-state index in [2.05, 4.69) is 30.3 Å². The second-order valence-electron chi connectivity index (χ2n) is 7.20. The summed E-state index contributed by atoms with van der Waals surface area (Å²) in [5.41, 5.74) is 3.18. The number of hydrogen-bond donors (Lipinski definition) is 0. The molecular formula is C21H22ClN3S. The minimum atomic E-state index is 0.532. The fraction of sp³-hybridized carbons (Fsp3) is 0.333. The van der Waals surface area contributed by atoms with E-state index in [0.717, 1.165) is 32.6 Å². The molecule has 1 saturated carbocycles. The predicted molar refractivity (Wildman–Crippen MR) is 111 cm³/mol. The Morgan fingerprint density at radius 1 is 1.31 bits per heavy atom. The lowest BCUT2D eigenvalue weighted by Crippen LogP contribution is -2.15. The van der Waals surface area contributed by atoms with Crippen molar-refractivity contribution < 1.29 is 0 Å². The second-order valence-corrected chi connectivity index (χ2v) is 8.48. The number of aromatic nitrogens is 1. The van der Waals surface area contributed by atoms with Crippen LogP contribution in [0.3, 0.4) is 0 Å². The van der Waals surface area contributed by atoms with E-state index in [1.54, 1.807) is 11.3 Å². The highest BCUT2D eigenvalue weighted by Crippen LogP contribution is 2.42. The van der Waals surface area contributed by atoms with Crippen molar-refractivity contribution in [2.24, 2.45) is 27.8 Å². The summed E-state index contributed by atoms with van der Waals surface area (Å²) in [6, 6.07) is 7.88. The standard InChI is InChI=1S/C21H22ClN3S/c1-14(2)11-23-21-25(24-12-18-10-15-3-4-17(18)9-15)20(13-26-21)16-5-7-19(22)8-6-16/h3-8,12-13,15,17-18H,1,9-11H2,2H3. The highest BCUT2D eigenvalue weighted by atomic mass is 35.5. The SMILES string of the molecule is C=C(C)CN=c1scc(-c2ccc(Cl)cc2)n1N=CC1CC2C=CC1C2. The number of halogens is 1. The van der Waals surface area contributed by atoms with Gasteiger partial charge < -0.3 is 0 Å². The molecule has 1 fully saturated rings. The summed E-state index contributed by atoms with van der Waals surface area (Å²) in [7, 11) is 0. The minimum Gasteiger partial charge on any atom is -0.253 e. The summed E-state index contributed by atoms with van der Waals surface area (Å²) in [6.07, 6.45) is 9.33. The summed E-state index contributed by atoms with van der Waals surface area (Å²) in [4.78, 5) is 5.59. The molecule has 3 unspecified atom stereocenters. The number of fused-ring (bicyclic) bond motifs is 2. The molecule has 1 heterocycles. The molecule has 2 aliphatic carbocycles. The molecule has 0 radical (unpaired) electrons. The molecule has 3 atom stereocenters. The van der Waals surface area contributed by atoms with E-state index in [1.807, 2.05) is 35.9 Å². The van der Waals surface area contributed by atoms with Crippen LogP contribution in [0.1, 0.15) is 19.8 Å². The van der Waals surface area contributed by atoms with Gasteiger partial charge in [0.25, 0.3) is 0 Å². The Morgan fingerprint density at radius 2 is 2.12 bits per heavy atom. The number of thiazole rings is 1. The van der Waals surface area contributed by atoms with E-state index in [4.69, 9.17) is 21.7 Å². The number of benzene rings is 1. The number of rotatable bonds is 5. The Balaban J connectivity index is 1.70. The Hall–Kier alpha value is -1.91.